The van der Waals surface area contributed by atoms with Crippen molar-refractivity contribution in [3.63, 3.8) is 0 Å². The van der Waals surface area contributed by atoms with Gasteiger partial charge in [-0.05, 0) is 42.7 Å². The van der Waals surface area contributed by atoms with Crippen LogP contribution in [0.2, 0.25) is 0 Å². The van der Waals surface area contributed by atoms with E-state index in [1.54, 1.807) is 7.11 Å². The lowest BCUT2D eigenvalue weighted by Crippen LogP contribution is -2.47. The van der Waals surface area contributed by atoms with Crippen molar-refractivity contribution in [1.29, 1.82) is 0 Å². The number of amides is 2. The molecule has 1 fully saturated rings. The van der Waals surface area contributed by atoms with Gasteiger partial charge in [0, 0.05) is 17.9 Å². The van der Waals surface area contributed by atoms with Crippen molar-refractivity contribution in [2.75, 3.05) is 12.4 Å². The van der Waals surface area contributed by atoms with Crippen LogP contribution >= 0.6 is 11.3 Å². The lowest BCUT2D eigenvalue weighted by molar-refractivity contribution is -0.129. The highest BCUT2D eigenvalue weighted by Gasteiger charge is 2.28. The number of nitrogens with one attached hydrogen (secondary N) is 2. The summed E-state index contributed by atoms with van der Waals surface area (Å²) in [6, 6.07) is 16.5. The largest absolute Gasteiger partial charge is 0.497 e. The second-order valence-corrected chi connectivity index (χ2v) is 8.84. The van der Waals surface area contributed by atoms with E-state index in [0.29, 0.717) is 16.6 Å². The Balaban J connectivity index is 1.46. The topological polar surface area (TPSA) is 93.2 Å². The predicted molar refractivity (Wildman–Crippen MR) is 125 cm³/mol. The molecule has 2 amide bonds. The van der Waals surface area contributed by atoms with Crippen molar-refractivity contribution in [2.45, 2.75) is 38.1 Å². The summed E-state index contributed by atoms with van der Waals surface area (Å²) in [5.74, 6) is 0.408. The number of hydrogen-bond acceptors (Lipinski definition) is 6. The first kappa shape index (κ1) is 22.0. The smallest absolute Gasteiger partial charge is 0.249 e. The molecule has 1 unspecified atom stereocenters. The van der Waals surface area contributed by atoms with E-state index in [1.807, 2.05) is 54.6 Å². The van der Waals surface area contributed by atoms with Gasteiger partial charge < -0.3 is 10.1 Å². The fourth-order valence-electron chi connectivity index (χ4n) is 3.85. The number of anilines is 1. The van der Waals surface area contributed by atoms with Crippen LogP contribution in [0.4, 0.5) is 5.13 Å². The molecule has 166 valence electrons. The first-order valence-electron chi connectivity index (χ1n) is 10.8. The normalized spacial score (nSPS) is 14.7. The van der Waals surface area contributed by atoms with Crippen molar-refractivity contribution in [1.82, 2.24) is 15.5 Å². The molecule has 8 heteroatoms. The summed E-state index contributed by atoms with van der Waals surface area (Å²) in [6.07, 6.45) is 4.30. The number of rotatable bonds is 8. The van der Waals surface area contributed by atoms with Crippen LogP contribution in [0, 0.1) is 5.92 Å². The Morgan fingerprint density at radius 1 is 1.06 bits per heavy atom. The molecule has 0 radical (unpaired) electrons. The molecule has 1 heterocycles. The fourth-order valence-corrected chi connectivity index (χ4v) is 4.61. The van der Waals surface area contributed by atoms with E-state index in [0.717, 1.165) is 42.6 Å². The number of methoxy groups -OCH3 is 1. The molecule has 0 saturated heterocycles. The molecule has 1 saturated carbocycles. The van der Waals surface area contributed by atoms with Crippen molar-refractivity contribution >= 4 is 28.3 Å². The molecule has 2 N–H and O–H groups in total. The molecular weight excluding hydrogens is 424 g/mol. The number of benzene rings is 2. The van der Waals surface area contributed by atoms with E-state index in [-0.39, 0.29) is 17.7 Å². The predicted octanol–water partition coefficient (Wildman–Crippen LogP) is 4.07. The van der Waals surface area contributed by atoms with Gasteiger partial charge in [-0.25, -0.2) is 0 Å². The lowest BCUT2D eigenvalue weighted by atomic mass is 10.0. The fraction of sp³-hybridized carbons (Fsp3) is 0.333. The third kappa shape index (κ3) is 5.50. The van der Waals surface area contributed by atoms with Gasteiger partial charge in [0.25, 0.3) is 0 Å². The second-order valence-electron chi connectivity index (χ2n) is 7.86. The minimum absolute atomic E-state index is 0.00993. The number of nitrogens with zero attached hydrogens (tertiary/aromatic N) is 2. The zero-order valence-corrected chi connectivity index (χ0v) is 18.7. The van der Waals surface area contributed by atoms with Crippen molar-refractivity contribution < 1.29 is 14.3 Å². The Kier molecular flexibility index (Phi) is 7.11. The Bertz CT molecular complexity index is 1050. The molecule has 0 aliphatic heterocycles. The highest BCUT2D eigenvalue weighted by molar-refractivity contribution is 7.18. The zero-order chi connectivity index (χ0) is 22.3. The van der Waals surface area contributed by atoms with Gasteiger partial charge in [0.15, 0.2) is 0 Å². The van der Waals surface area contributed by atoms with Gasteiger partial charge >= 0.3 is 0 Å². The molecule has 2 aromatic carbocycles. The summed E-state index contributed by atoms with van der Waals surface area (Å²) in [7, 11) is 1.62. The lowest BCUT2D eigenvalue weighted by Gasteiger charge is -2.20. The average molecular weight is 451 g/mol. The van der Waals surface area contributed by atoms with E-state index in [4.69, 9.17) is 4.74 Å². The molecule has 7 nitrogen and oxygen atoms in total. The molecular formula is C24H26N4O3S. The molecule has 1 aliphatic carbocycles. The van der Waals surface area contributed by atoms with Crippen LogP contribution in [0.25, 0.3) is 10.6 Å². The van der Waals surface area contributed by atoms with Gasteiger partial charge in [-0.2, -0.15) is 0 Å². The molecule has 1 atom stereocenters. The van der Waals surface area contributed by atoms with Gasteiger partial charge in [-0.1, -0.05) is 54.5 Å². The number of carbonyl (C=O) groups excluding carboxylic acids is 2. The summed E-state index contributed by atoms with van der Waals surface area (Å²) in [5, 5.41) is 15.2. The molecule has 3 aromatic rings. The van der Waals surface area contributed by atoms with Crippen LogP contribution in [0.1, 0.15) is 31.2 Å². The summed E-state index contributed by atoms with van der Waals surface area (Å²) >= 11 is 1.29. The third-order valence-corrected chi connectivity index (χ3v) is 6.52. The van der Waals surface area contributed by atoms with Gasteiger partial charge in [0.05, 0.1) is 7.11 Å². The van der Waals surface area contributed by atoms with Crippen LogP contribution in [0.3, 0.4) is 0 Å². The summed E-state index contributed by atoms with van der Waals surface area (Å²) < 4.78 is 5.18. The number of aromatic nitrogens is 2. The Morgan fingerprint density at radius 2 is 1.78 bits per heavy atom. The highest BCUT2D eigenvalue weighted by Crippen LogP contribution is 2.28. The molecule has 1 aromatic heterocycles. The van der Waals surface area contributed by atoms with Crippen LogP contribution < -0.4 is 15.4 Å². The molecule has 32 heavy (non-hydrogen) atoms. The minimum atomic E-state index is -0.682. The quantitative estimate of drug-likeness (QED) is 0.540. The third-order valence-electron chi connectivity index (χ3n) is 5.63. The first-order valence-corrected chi connectivity index (χ1v) is 11.6. The highest BCUT2D eigenvalue weighted by atomic mass is 32.1. The summed E-state index contributed by atoms with van der Waals surface area (Å²) in [5.41, 5.74) is 1.87. The van der Waals surface area contributed by atoms with E-state index in [1.165, 1.54) is 11.3 Å². The Labute approximate surface area is 191 Å². The maximum absolute atomic E-state index is 13.1. The van der Waals surface area contributed by atoms with Crippen molar-refractivity contribution in [3.05, 3.63) is 60.2 Å². The maximum atomic E-state index is 13.1. The summed E-state index contributed by atoms with van der Waals surface area (Å²) in [4.78, 5) is 25.8. The van der Waals surface area contributed by atoms with Crippen LogP contribution in [0.5, 0.6) is 5.75 Å². The average Bonchev–Trinajstić information content (AvgIpc) is 3.52. The Hall–Kier alpha value is -3.26. The van der Waals surface area contributed by atoms with Gasteiger partial charge in [0.2, 0.25) is 16.9 Å². The van der Waals surface area contributed by atoms with Crippen LogP contribution in [-0.4, -0.2) is 35.2 Å². The molecule has 1 aliphatic rings. The van der Waals surface area contributed by atoms with E-state index in [2.05, 4.69) is 20.8 Å². The molecule has 4 rings (SSSR count). The first-order chi connectivity index (χ1) is 15.6. The zero-order valence-electron chi connectivity index (χ0n) is 17.9. The van der Waals surface area contributed by atoms with Gasteiger partial charge in [-0.3, -0.25) is 14.9 Å². The van der Waals surface area contributed by atoms with Gasteiger partial charge in [0.1, 0.15) is 16.8 Å². The SMILES string of the molecule is COc1ccc(-c2nnc(NC(=O)C(Cc3ccccc3)NC(=O)C3CCCC3)s2)cc1. The minimum Gasteiger partial charge on any atom is -0.497 e. The molecule has 0 spiro atoms. The van der Waals surface area contributed by atoms with Gasteiger partial charge in [-0.15, -0.1) is 10.2 Å². The van der Waals surface area contributed by atoms with E-state index in [9.17, 15) is 9.59 Å². The molecule has 0 bridgehead atoms. The standard InChI is InChI=1S/C24H26N4O3S/c1-31-19-13-11-18(12-14-19)23-27-28-24(32-23)26-22(30)20(15-16-7-3-2-4-8-16)25-21(29)17-9-5-6-10-17/h2-4,7-8,11-14,17,20H,5-6,9-10,15H2,1H3,(H,25,29)(H,26,28,30). The summed E-state index contributed by atoms with van der Waals surface area (Å²) in [6.45, 7) is 0. The van der Waals surface area contributed by atoms with E-state index < -0.39 is 6.04 Å². The maximum Gasteiger partial charge on any atom is 0.249 e. The van der Waals surface area contributed by atoms with Crippen LogP contribution in [-0.2, 0) is 16.0 Å². The monoisotopic (exact) mass is 450 g/mol. The van der Waals surface area contributed by atoms with E-state index >= 15 is 0 Å². The Morgan fingerprint density at radius 3 is 2.47 bits per heavy atom. The van der Waals surface area contributed by atoms with Crippen molar-refractivity contribution in [3.8, 4) is 16.3 Å². The second kappa shape index (κ2) is 10.4. The van der Waals surface area contributed by atoms with Crippen LogP contribution in [0.15, 0.2) is 54.6 Å². The number of carbonyl (C=O) groups is 2. The number of ether oxygens (including phenoxy) is 1. The number of hydrogen-bond donors (Lipinski definition) is 2. The van der Waals surface area contributed by atoms with Crippen molar-refractivity contribution in [2.24, 2.45) is 5.92 Å².